The van der Waals surface area contributed by atoms with Gasteiger partial charge in [-0.1, -0.05) is 36.4 Å². The van der Waals surface area contributed by atoms with Crippen molar-refractivity contribution < 1.29 is 13.6 Å². The Hall–Kier alpha value is -2.62. The van der Waals surface area contributed by atoms with Gasteiger partial charge < -0.3 is 9.73 Å². The Morgan fingerprint density at radius 2 is 1.91 bits per heavy atom. The molecular weight excluding hydrogens is 281 g/mol. The van der Waals surface area contributed by atoms with Crippen LogP contribution >= 0.6 is 0 Å². The van der Waals surface area contributed by atoms with Gasteiger partial charge in [0.15, 0.2) is 17.2 Å². The van der Waals surface area contributed by atoms with Crippen LogP contribution in [0, 0.1) is 19.7 Å². The lowest BCUT2D eigenvalue weighted by Gasteiger charge is -2.06. The molecule has 3 rings (SSSR count). The molecule has 2 aromatic carbocycles. The number of hydrogen-bond acceptors (Lipinski definition) is 2. The Bertz CT molecular complexity index is 851. The maximum absolute atomic E-state index is 13.7. The number of rotatable bonds is 3. The van der Waals surface area contributed by atoms with Crippen LogP contribution in [-0.2, 0) is 6.54 Å². The largest absolute Gasteiger partial charge is 0.448 e. The molecule has 0 aliphatic heterocycles. The zero-order valence-corrected chi connectivity index (χ0v) is 12.4. The number of hydrogen-bond donors (Lipinski definition) is 1. The summed E-state index contributed by atoms with van der Waals surface area (Å²) in [7, 11) is 0. The van der Waals surface area contributed by atoms with Crippen molar-refractivity contribution in [2.75, 3.05) is 0 Å². The van der Waals surface area contributed by atoms with E-state index in [4.69, 9.17) is 4.42 Å². The fourth-order valence-electron chi connectivity index (χ4n) is 2.49. The van der Waals surface area contributed by atoms with E-state index in [0.29, 0.717) is 17.5 Å². The van der Waals surface area contributed by atoms with E-state index in [1.807, 2.05) is 31.2 Å². The lowest BCUT2D eigenvalue weighted by atomic mass is 10.1. The number of aryl methyl sites for hydroxylation is 2. The molecule has 3 nitrogen and oxygen atoms in total. The molecular formula is C18H16FNO2. The molecule has 0 spiro atoms. The van der Waals surface area contributed by atoms with Gasteiger partial charge in [-0.3, -0.25) is 4.79 Å². The van der Waals surface area contributed by atoms with Crippen LogP contribution in [0.25, 0.3) is 11.0 Å². The fourth-order valence-corrected chi connectivity index (χ4v) is 2.49. The molecule has 1 aromatic heterocycles. The van der Waals surface area contributed by atoms with Gasteiger partial charge >= 0.3 is 0 Å². The average Bonchev–Trinajstić information content (AvgIpc) is 2.85. The Morgan fingerprint density at radius 3 is 2.64 bits per heavy atom. The molecule has 112 valence electrons. The molecule has 0 saturated heterocycles. The minimum Gasteiger partial charge on any atom is -0.448 e. The molecule has 0 saturated carbocycles. The maximum atomic E-state index is 13.7. The molecule has 0 aliphatic carbocycles. The maximum Gasteiger partial charge on any atom is 0.287 e. The van der Waals surface area contributed by atoms with E-state index < -0.39 is 5.82 Å². The van der Waals surface area contributed by atoms with E-state index in [9.17, 15) is 9.18 Å². The van der Waals surface area contributed by atoms with Gasteiger partial charge in [0.2, 0.25) is 0 Å². The summed E-state index contributed by atoms with van der Waals surface area (Å²) in [5.74, 6) is -0.636. The highest BCUT2D eigenvalue weighted by molar-refractivity contribution is 5.98. The zero-order valence-electron chi connectivity index (χ0n) is 12.4. The lowest BCUT2D eigenvalue weighted by molar-refractivity contribution is 0.0924. The number of benzene rings is 2. The number of nitrogens with one attached hydrogen (secondary N) is 1. The Morgan fingerprint density at radius 1 is 1.14 bits per heavy atom. The molecule has 0 fully saturated rings. The molecule has 22 heavy (non-hydrogen) atoms. The smallest absolute Gasteiger partial charge is 0.287 e. The van der Waals surface area contributed by atoms with Gasteiger partial charge in [-0.15, -0.1) is 0 Å². The molecule has 0 bridgehead atoms. The summed E-state index contributed by atoms with van der Waals surface area (Å²) >= 11 is 0. The predicted molar refractivity (Wildman–Crippen MR) is 83.3 cm³/mol. The number of carbonyl (C=O) groups is 1. The highest BCUT2D eigenvalue weighted by Crippen LogP contribution is 2.27. The Balaban J connectivity index is 1.85. The van der Waals surface area contributed by atoms with Crippen LogP contribution in [0.4, 0.5) is 4.39 Å². The van der Waals surface area contributed by atoms with Crippen LogP contribution in [0.15, 0.2) is 46.9 Å². The monoisotopic (exact) mass is 297 g/mol. The second-order valence-electron chi connectivity index (χ2n) is 5.28. The summed E-state index contributed by atoms with van der Waals surface area (Å²) < 4.78 is 19.1. The molecule has 4 heteroatoms. The van der Waals surface area contributed by atoms with Crippen molar-refractivity contribution in [3.63, 3.8) is 0 Å². The van der Waals surface area contributed by atoms with E-state index in [-0.39, 0.29) is 17.3 Å². The first-order valence-electron chi connectivity index (χ1n) is 7.08. The third-order valence-electron chi connectivity index (χ3n) is 3.82. The molecule has 1 heterocycles. The number of fused-ring (bicyclic) bond motifs is 1. The first-order chi connectivity index (χ1) is 10.6. The summed E-state index contributed by atoms with van der Waals surface area (Å²) in [4.78, 5) is 12.3. The van der Waals surface area contributed by atoms with Gasteiger partial charge in [0.25, 0.3) is 5.91 Å². The van der Waals surface area contributed by atoms with Crippen molar-refractivity contribution in [2.24, 2.45) is 0 Å². The number of carbonyl (C=O) groups excluding carboxylic acids is 1. The van der Waals surface area contributed by atoms with Crippen molar-refractivity contribution in [2.45, 2.75) is 20.4 Å². The van der Waals surface area contributed by atoms with Crippen LogP contribution in [-0.4, -0.2) is 5.91 Å². The SMILES string of the molecule is Cc1ccccc1CNC(=O)c1oc2c(F)cccc2c1C. The third-order valence-corrected chi connectivity index (χ3v) is 3.82. The standard InChI is InChI=1S/C18H16FNO2/c1-11-6-3-4-7-13(11)10-20-18(21)16-12(2)14-8-5-9-15(19)17(14)22-16/h3-9H,10H2,1-2H3,(H,20,21). The fraction of sp³-hybridized carbons (Fsp3) is 0.167. The van der Waals surface area contributed by atoms with Crippen molar-refractivity contribution in [3.8, 4) is 0 Å². The molecule has 0 atom stereocenters. The lowest BCUT2D eigenvalue weighted by Crippen LogP contribution is -2.23. The molecule has 0 aliphatic rings. The van der Waals surface area contributed by atoms with Crippen LogP contribution in [0.2, 0.25) is 0 Å². The first kappa shape index (κ1) is 14.3. The Labute approximate surface area is 127 Å². The number of halogens is 1. The zero-order chi connectivity index (χ0) is 15.7. The van der Waals surface area contributed by atoms with Gasteiger partial charge in [-0.25, -0.2) is 4.39 Å². The molecule has 1 N–H and O–H groups in total. The highest BCUT2D eigenvalue weighted by atomic mass is 19.1. The van der Waals surface area contributed by atoms with Gasteiger partial charge in [0.1, 0.15) is 0 Å². The summed E-state index contributed by atoms with van der Waals surface area (Å²) in [6.45, 7) is 4.15. The molecule has 3 aromatic rings. The van der Waals surface area contributed by atoms with Gasteiger partial charge in [-0.05, 0) is 31.0 Å². The van der Waals surface area contributed by atoms with Gasteiger partial charge in [0, 0.05) is 17.5 Å². The van der Waals surface area contributed by atoms with Crippen molar-refractivity contribution in [1.29, 1.82) is 0 Å². The molecule has 0 radical (unpaired) electrons. The minimum atomic E-state index is -0.460. The first-order valence-corrected chi connectivity index (χ1v) is 7.08. The Kier molecular flexibility index (Phi) is 3.67. The summed E-state index contributed by atoms with van der Waals surface area (Å²) in [6, 6.07) is 12.5. The second kappa shape index (κ2) is 5.64. The van der Waals surface area contributed by atoms with E-state index in [0.717, 1.165) is 11.1 Å². The normalized spacial score (nSPS) is 10.9. The van der Waals surface area contributed by atoms with Crippen molar-refractivity contribution in [3.05, 3.63) is 70.7 Å². The van der Waals surface area contributed by atoms with Crippen molar-refractivity contribution >= 4 is 16.9 Å². The van der Waals surface area contributed by atoms with Crippen LogP contribution in [0.5, 0.6) is 0 Å². The minimum absolute atomic E-state index is 0.126. The van der Waals surface area contributed by atoms with Crippen LogP contribution in [0.3, 0.4) is 0 Å². The third kappa shape index (κ3) is 2.48. The second-order valence-corrected chi connectivity index (χ2v) is 5.28. The highest BCUT2D eigenvalue weighted by Gasteiger charge is 2.19. The predicted octanol–water partition coefficient (Wildman–Crippen LogP) is 4.12. The van der Waals surface area contributed by atoms with E-state index in [1.54, 1.807) is 19.1 Å². The van der Waals surface area contributed by atoms with Crippen LogP contribution in [0.1, 0.15) is 27.2 Å². The van der Waals surface area contributed by atoms with E-state index >= 15 is 0 Å². The van der Waals surface area contributed by atoms with Crippen LogP contribution < -0.4 is 5.32 Å². The van der Waals surface area contributed by atoms with Gasteiger partial charge in [-0.2, -0.15) is 0 Å². The molecule has 1 amide bonds. The summed E-state index contributed by atoms with van der Waals surface area (Å²) in [5, 5.41) is 3.45. The van der Waals surface area contributed by atoms with E-state index in [2.05, 4.69) is 5.32 Å². The van der Waals surface area contributed by atoms with E-state index in [1.165, 1.54) is 6.07 Å². The summed E-state index contributed by atoms with van der Waals surface area (Å²) in [5.41, 5.74) is 2.92. The quantitative estimate of drug-likeness (QED) is 0.790. The van der Waals surface area contributed by atoms with Gasteiger partial charge in [0.05, 0.1) is 0 Å². The van der Waals surface area contributed by atoms with Crippen molar-refractivity contribution in [1.82, 2.24) is 5.32 Å². The number of furan rings is 1. The topological polar surface area (TPSA) is 42.2 Å². The summed E-state index contributed by atoms with van der Waals surface area (Å²) in [6.07, 6.45) is 0. The average molecular weight is 297 g/mol. The number of para-hydroxylation sites is 1. The number of amides is 1. The molecule has 0 unspecified atom stereocenters.